The topological polar surface area (TPSA) is 72.3 Å². The summed E-state index contributed by atoms with van der Waals surface area (Å²) in [6.45, 7) is 0.220. The number of carbonyl (C=O) groups is 1. The molecular weight excluding hydrogens is 338 g/mol. The Hall–Kier alpha value is -2.15. The lowest BCUT2D eigenvalue weighted by molar-refractivity contribution is 0.0697. The first kappa shape index (κ1) is 16.3. The van der Waals surface area contributed by atoms with E-state index in [2.05, 4.69) is 5.10 Å². The van der Waals surface area contributed by atoms with E-state index in [1.807, 2.05) is 18.2 Å². The number of carbonyl (C=O) groups excluding carboxylic acids is 1. The normalized spacial score (nSPS) is 22.0. The molecule has 2 heterocycles. The second-order valence-corrected chi connectivity index (χ2v) is 9.14. The predicted octanol–water partition coefficient (Wildman–Crippen LogP) is 1.52. The Morgan fingerprint density at radius 1 is 1.24 bits per heavy atom. The van der Waals surface area contributed by atoms with Gasteiger partial charge < -0.3 is 4.90 Å². The average molecular weight is 359 g/mol. The molecule has 1 unspecified atom stereocenters. The average Bonchev–Trinajstić information content (AvgIpc) is 3.21. The highest BCUT2D eigenvalue weighted by atomic mass is 32.2. The Kier molecular flexibility index (Phi) is 3.91. The van der Waals surface area contributed by atoms with E-state index >= 15 is 0 Å². The molecular formula is C18H21N3O3S. The molecule has 25 heavy (non-hydrogen) atoms. The van der Waals surface area contributed by atoms with E-state index in [1.165, 1.54) is 11.1 Å². The number of nitrogens with zero attached hydrogens (tertiary/aromatic N) is 3. The van der Waals surface area contributed by atoms with Crippen LogP contribution in [-0.2, 0) is 29.7 Å². The Balaban J connectivity index is 1.67. The van der Waals surface area contributed by atoms with E-state index in [0.29, 0.717) is 5.56 Å². The molecule has 0 spiro atoms. The van der Waals surface area contributed by atoms with Gasteiger partial charge in [-0.25, -0.2) is 8.42 Å². The van der Waals surface area contributed by atoms with Crippen LogP contribution in [0.2, 0.25) is 0 Å². The van der Waals surface area contributed by atoms with Crippen LogP contribution >= 0.6 is 0 Å². The van der Waals surface area contributed by atoms with Crippen molar-refractivity contribution in [3.63, 3.8) is 0 Å². The number of fused-ring (bicyclic) bond motifs is 1. The molecule has 1 saturated heterocycles. The van der Waals surface area contributed by atoms with Gasteiger partial charge in [0.2, 0.25) is 0 Å². The zero-order chi connectivity index (χ0) is 17.6. The van der Waals surface area contributed by atoms with E-state index in [1.54, 1.807) is 29.0 Å². The first-order valence-electron chi connectivity index (χ1n) is 8.55. The number of hydrogen-bond acceptors (Lipinski definition) is 4. The molecule has 6 nitrogen and oxygen atoms in total. The minimum atomic E-state index is -3.16. The highest BCUT2D eigenvalue weighted by Crippen LogP contribution is 2.29. The molecule has 0 N–H and O–H groups in total. The Labute approximate surface area is 147 Å². The number of aromatic nitrogens is 2. The maximum Gasteiger partial charge on any atom is 0.254 e. The Morgan fingerprint density at radius 2 is 2.04 bits per heavy atom. The van der Waals surface area contributed by atoms with E-state index in [-0.39, 0.29) is 24.0 Å². The van der Waals surface area contributed by atoms with Gasteiger partial charge in [0.05, 0.1) is 23.7 Å². The molecule has 1 atom stereocenters. The molecule has 1 aliphatic carbocycles. The van der Waals surface area contributed by atoms with Gasteiger partial charge in [0.25, 0.3) is 5.91 Å². The fraction of sp³-hybridized carbons (Fsp3) is 0.444. The first-order valence-corrected chi connectivity index (χ1v) is 10.4. The minimum absolute atomic E-state index is 0.0143. The van der Waals surface area contributed by atoms with Crippen molar-refractivity contribution >= 4 is 15.7 Å². The number of rotatable bonds is 2. The summed E-state index contributed by atoms with van der Waals surface area (Å²) in [5.41, 5.74) is 3.98. The van der Waals surface area contributed by atoms with Gasteiger partial charge in [-0.3, -0.25) is 9.48 Å². The molecule has 1 aliphatic heterocycles. The minimum Gasteiger partial charge on any atom is -0.329 e. The summed E-state index contributed by atoms with van der Waals surface area (Å²) in [5, 5.41) is 4.14. The number of amides is 1. The van der Waals surface area contributed by atoms with E-state index in [4.69, 9.17) is 0 Å². The molecule has 0 saturated carbocycles. The van der Waals surface area contributed by atoms with Gasteiger partial charge in [0.1, 0.15) is 0 Å². The number of sulfone groups is 1. The van der Waals surface area contributed by atoms with Crippen molar-refractivity contribution in [3.05, 3.63) is 52.8 Å². The maximum atomic E-state index is 13.1. The molecule has 0 bridgehead atoms. The Morgan fingerprint density at radius 3 is 2.80 bits per heavy atom. The highest BCUT2D eigenvalue weighted by molar-refractivity contribution is 7.91. The Bertz CT molecular complexity index is 933. The van der Waals surface area contributed by atoms with Crippen LogP contribution in [0.4, 0.5) is 0 Å². The quantitative estimate of drug-likeness (QED) is 0.815. The van der Waals surface area contributed by atoms with Gasteiger partial charge in [0, 0.05) is 30.9 Å². The second-order valence-electron chi connectivity index (χ2n) is 6.91. The van der Waals surface area contributed by atoms with Crippen LogP contribution in [0.15, 0.2) is 30.6 Å². The van der Waals surface area contributed by atoms with Gasteiger partial charge in [-0.1, -0.05) is 6.07 Å². The van der Waals surface area contributed by atoms with Crippen molar-refractivity contribution in [2.45, 2.75) is 25.3 Å². The third-order valence-corrected chi connectivity index (χ3v) is 6.78. The standard InChI is InChI=1S/C18H21N3O3S/c1-20-11-16(10-19-20)17-12-25(23,24)8-7-21(17)18(22)15-6-5-13-3-2-4-14(13)9-15/h5-6,9-11,17H,2-4,7-8,12H2,1H3. The largest absolute Gasteiger partial charge is 0.329 e. The zero-order valence-corrected chi connectivity index (χ0v) is 15.0. The lowest BCUT2D eigenvalue weighted by Crippen LogP contribution is -2.46. The smallest absolute Gasteiger partial charge is 0.254 e. The first-order chi connectivity index (χ1) is 11.9. The molecule has 1 aromatic heterocycles. The molecule has 132 valence electrons. The van der Waals surface area contributed by atoms with Crippen LogP contribution in [0.1, 0.15) is 39.5 Å². The van der Waals surface area contributed by atoms with E-state index in [9.17, 15) is 13.2 Å². The third kappa shape index (κ3) is 3.08. The van der Waals surface area contributed by atoms with Gasteiger partial charge in [-0.2, -0.15) is 5.10 Å². The van der Waals surface area contributed by atoms with Crippen LogP contribution in [0, 0.1) is 0 Å². The fourth-order valence-electron chi connectivity index (χ4n) is 3.81. The molecule has 1 aromatic carbocycles. The summed E-state index contributed by atoms with van der Waals surface area (Å²) in [7, 11) is -1.37. The number of benzene rings is 1. The van der Waals surface area contributed by atoms with Crippen LogP contribution in [-0.4, -0.2) is 47.1 Å². The monoisotopic (exact) mass is 359 g/mol. The van der Waals surface area contributed by atoms with Crippen molar-refractivity contribution in [1.82, 2.24) is 14.7 Å². The van der Waals surface area contributed by atoms with Crippen molar-refractivity contribution < 1.29 is 13.2 Å². The van der Waals surface area contributed by atoms with E-state index < -0.39 is 15.9 Å². The highest BCUT2D eigenvalue weighted by Gasteiger charge is 2.36. The SMILES string of the molecule is Cn1cc(C2CS(=O)(=O)CCN2C(=O)c2ccc3c(c2)CCC3)cn1. The van der Waals surface area contributed by atoms with E-state index in [0.717, 1.165) is 24.8 Å². The van der Waals surface area contributed by atoms with Gasteiger partial charge in [0.15, 0.2) is 9.84 Å². The van der Waals surface area contributed by atoms with Crippen molar-refractivity contribution in [1.29, 1.82) is 0 Å². The second kappa shape index (κ2) is 5.98. The third-order valence-electron chi connectivity index (χ3n) is 5.15. The lowest BCUT2D eigenvalue weighted by Gasteiger charge is -2.35. The summed E-state index contributed by atoms with van der Waals surface area (Å²) in [4.78, 5) is 14.8. The maximum absolute atomic E-state index is 13.1. The summed E-state index contributed by atoms with van der Waals surface area (Å²) < 4.78 is 25.9. The van der Waals surface area contributed by atoms with Crippen molar-refractivity contribution in [3.8, 4) is 0 Å². The zero-order valence-electron chi connectivity index (χ0n) is 14.2. The molecule has 1 fully saturated rings. The summed E-state index contributed by atoms with van der Waals surface area (Å²) in [6.07, 6.45) is 6.65. The number of aryl methyl sites for hydroxylation is 3. The van der Waals surface area contributed by atoms with Gasteiger partial charge in [-0.15, -0.1) is 0 Å². The predicted molar refractivity (Wildman–Crippen MR) is 94.1 cm³/mol. The molecule has 4 rings (SSSR count). The van der Waals surface area contributed by atoms with Crippen LogP contribution in [0.5, 0.6) is 0 Å². The molecule has 1 amide bonds. The molecule has 2 aliphatic rings. The van der Waals surface area contributed by atoms with Gasteiger partial charge >= 0.3 is 0 Å². The number of hydrogen-bond donors (Lipinski definition) is 0. The van der Waals surface area contributed by atoms with Crippen molar-refractivity contribution in [2.24, 2.45) is 7.05 Å². The lowest BCUT2D eigenvalue weighted by atomic mass is 10.0. The van der Waals surface area contributed by atoms with Crippen molar-refractivity contribution in [2.75, 3.05) is 18.1 Å². The molecule has 7 heteroatoms. The fourth-order valence-corrected chi connectivity index (χ4v) is 5.30. The summed E-state index contributed by atoms with van der Waals surface area (Å²) >= 11 is 0. The summed E-state index contributed by atoms with van der Waals surface area (Å²) in [5.74, 6) is -0.131. The van der Waals surface area contributed by atoms with Crippen LogP contribution < -0.4 is 0 Å². The van der Waals surface area contributed by atoms with Gasteiger partial charge in [-0.05, 0) is 42.5 Å². The van der Waals surface area contributed by atoms with Crippen LogP contribution in [0.3, 0.4) is 0 Å². The van der Waals surface area contributed by atoms with Crippen LogP contribution in [0.25, 0.3) is 0 Å². The molecule has 2 aromatic rings. The summed E-state index contributed by atoms with van der Waals surface area (Å²) in [6, 6.07) is 5.41. The molecule has 0 radical (unpaired) electrons.